The maximum atomic E-state index is 13.4. The SMILES string of the molecule is C/C1=C/COC(C)([C@@H](O)CC(=O)OC(C)/C(C)=C/c2csc(C)n2)C(=O)[C@H](C)C[C@@H](C)CCC1. The molecule has 0 amide bonds. The monoisotopic (exact) mass is 491 g/mol. The van der Waals surface area contributed by atoms with Gasteiger partial charge in [-0.05, 0) is 71.4 Å². The highest BCUT2D eigenvalue weighted by molar-refractivity contribution is 7.09. The fourth-order valence-electron chi connectivity index (χ4n) is 4.33. The second-order valence-electron chi connectivity index (χ2n) is 10.00. The van der Waals surface area contributed by atoms with Gasteiger partial charge >= 0.3 is 5.97 Å². The van der Waals surface area contributed by atoms with Gasteiger partial charge in [0.25, 0.3) is 0 Å². The first-order chi connectivity index (χ1) is 15.9. The minimum absolute atomic E-state index is 0.172. The van der Waals surface area contributed by atoms with E-state index in [0.29, 0.717) is 5.92 Å². The maximum absolute atomic E-state index is 13.4. The van der Waals surface area contributed by atoms with Gasteiger partial charge < -0.3 is 14.6 Å². The van der Waals surface area contributed by atoms with E-state index in [0.717, 1.165) is 42.0 Å². The van der Waals surface area contributed by atoms with E-state index in [-0.39, 0.29) is 24.7 Å². The molecule has 1 aromatic heterocycles. The summed E-state index contributed by atoms with van der Waals surface area (Å²) in [5.41, 5.74) is 1.39. The predicted molar refractivity (Wildman–Crippen MR) is 137 cm³/mol. The van der Waals surface area contributed by atoms with E-state index in [4.69, 9.17) is 9.47 Å². The number of aliphatic hydroxyl groups excluding tert-OH is 1. The maximum Gasteiger partial charge on any atom is 0.309 e. The van der Waals surface area contributed by atoms with E-state index in [2.05, 4.69) is 18.8 Å². The smallest absolute Gasteiger partial charge is 0.309 e. The molecule has 0 saturated carbocycles. The van der Waals surface area contributed by atoms with Crippen LogP contribution in [0.3, 0.4) is 0 Å². The summed E-state index contributed by atoms with van der Waals surface area (Å²) in [4.78, 5) is 30.5. The summed E-state index contributed by atoms with van der Waals surface area (Å²) in [6.45, 7) is 13.5. The van der Waals surface area contributed by atoms with Crippen molar-refractivity contribution in [1.29, 1.82) is 0 Å². The zero-order valence-corrected chi connectivity index (χ0v) is 22.5. The second kappa shape index (κ2) is 12.8. The second-order valence-corrected chi connectivity index (χ2v) is 11.1. The van der Waals surface area contributed by atoms with Crippen LogP contribution in [0.5, 0.6) is 0 Å². The van der Waals surface area contributed by atoms with Crippen molar-refractivity contribution in [3.8, 4) is 0 Å². The Bertz CT molecular complexity index is 905. The molecule has 6 nitrogen and oxygen atoms in total. The lowest BCUT2D eigenvalue weighted by Gasteiger charge is -2.35. The Kier molecular flexibility index (Phi) is 10.7. The molecule has 0 saturated heterocycles. The lowest BCUT2D eigenvalue weighted by molar-refractivity contribution is -0.168. The van der Waals surface area contributed by atoms with Crippen molar-refractivity contribution in [2.24, 2.45) is 11.8 Å². The van der Waals surface area contributed by atoms with Crippen molar-refractivity contribution in [1.82, 2.24) is 4.98 Å². The molecule has 0 fully saturated rings. The fourth-order valence-corrected chi connectivity index (χ4v) is 4.90. The number of aliphatic hydroxyl groups is 1. The number of aryl methyl sites for hydroxylation is 1. The number of allylic oxidation sites excluding steroid dienone is 1. The van der Waals surface area contributed by atoms with Crippen molar-refractivity contribution in [2.75, 3.05) is 6.61 Å². The van der Waals surface area contributed by atoms with Gasteiger partial charge in [-0.2, -0.15) is 0 Å². The Labute approximate surface area is 208 Å². The number of carbonyl (C=O) groups excluding carboxylic acids is 2. The van der Waals surface area contributed by atoms with Crippen LogP contribution in [0.1, 0.15) is 84.3 Å². The number of hydrogen-bond donors (Lipinski definition) is 1. The molecule has 5 atom stereocenters. The number of Topliss-reactive ketones (excluding diaryl/α,β-unsaturated/α-hetero) is 1. The van der Waals surface area contributed by atoms with Crippen molar-refractivity contribution in [3.05, 3.63) is 33.3 Å². The first-order valence-electron chi connectivity index (χ1n) is 12.2. The summed E-state index contributed by atoms with van der Waals surface area (Å²) in [5.74, 6) is -0.622. The number of carbonyl (C=O) groups is 2. The van der Waals surface area contributed by atoms with E-state index in [1.807, 2.05) is 38.3 Å². The van der Waals surface area contributed by atoms with E-state index in [1.165, 1.54) is 5.57 Å². The lowest BCUT2D eigenvalue weighted by Crippen LogP contribution is -2.52. The Morgan fingerprint density at radius 1 is 1.41 bits per heavy atom. The van der Waals surface area contributed by atoms with Gasteiger partial charge in [-0.3, -0.25) is 9.59 Å². The van der Waals surface area contributed by atoms with Gasteiger partial charge in [0.1, 0.15) is 12.2 Å². The molecule has 2 rings (SSSR count). The van der Waals surface area contributed by atoms with Gasteiger partial charge in [0.2, 0.25) is 0 Å². The molecule has 34 heavy (non-hydrogen) atoms. The molecule has 0 bridgehead atoms. The van der Waals surface area contributed by atoms with E-state index < -0.39 is 23.8 Å². The third-order valence-electron chi connectivity index (χ3n) is 6.73. The largest absolute Gasteiger partial charge is 0.458 e. The van der Waals surface area contributed by atoms with Crippen LogP contribution in [0.4, 0.5) is 0 Å². The summed E-state index contributed by atoms with van der Waals surface area (Å²) >= 11 is 1.56. The van der Waals surface area contributed by atoms with E-state index in [9.17, 15) is 14.7 Å². The Morgan fingerprint density at radius 2 is 2.12 bits per heavy atom. The lowest BCUT2D eigenvalue weighted by atomic mass is 9.80. The van der Waals surface area contributed by atoms with Crippen molar-refractivity contribution in [3.63, 3.8) is 0 Å². The Balaban J connectivity index is 2.10. The van der Waals surface area contributed by atoms with Crippen LogP contribution in [-0.4, -0.2) is 46.3 Å². The summed E-state index contributed by atoms with van der Waals surface area (Å²) in [7, 11) is 0. The van der Waals surface area contributed by atoms with Gasteiger partial charge in [-0.1, -0.05) is 31.9 Å². The molecule has 7 heteroatoms. The molecule has 0 aromatic carbocycles. The van der Waals surface area contributed by atoms with Gasteiger partial charge in [-0.25, -0.2) is 4.98 Å². The Morgan fingerprint density at radius 3 is 2.76 bits per heavy atom. The summed E-state index contributed by atoms with van der Waals surface area (Å²) in [5, 5.41) is 13.9. The third-order valence-corrected chi connectivity index (χ3v) is 7.53. The quantitative estimate of drug-likeness (QED) is 0.407. The average molecular weight is 492 g/mol. The molecule has 1 aliphatic heterocycles. The van der Waals surface area contributed by atoms with Crippen molar-refractivity contribution >= 4 is 29.2 Å². The van der Waals surface area contributed by atoms with Crippen molar-refractivity contribution in [2.45, 2.75) is 98.4 Å². The molecule has 2 heterocycles. The number of rotatable bonds is 6. The highest BCUT2D eigenvalue weighted by atomic mass is 32.1. The zero-order chi connectivity index (χ0) is 25.5. The molecule has 2 unspecified atom stereocenters. The Hall–Kier alpha value is -1.83. The molecule has 1 N–H and O–H groups in total. The predicted octanol–water partition coefficient (Wildman–Crippen LogP) is 5.67. The average Bonchev–Trinajstić information content (AvgIpc) is 3.16. The minimum Gasteiger partial charge on any atom is -0.458 e. The third kappa shape index (κ3) is 8.14. The van der Waals surface area contributed by atoms with Crippen LogP contribution in [0.15, 0.2) is 22.6 Å². The van der Waals surface area contributed by atoms with Crippen LogP contribution >= 0.6 is 11.3 Å². The molecule has 1 aliphatic rings. The highest BCUT2D eigenvalue weighted by Gasteiger charge is 2.45. The topological polar surface area (TPSA) is 85.7 Å². The number of esters is 1. The molecular weight excluding hydrogens is 450 g/mol. The number of hydrogen-bond acceptors (Lipinski definition) is 7. The zero-order valence-electron chi connectivity index (χ0n) is 21.7. The number of ketones is 1. The van der Waals surface area contributed by atoms with E-state index >= 15 is 0 Å². The van der Waals surface area contributed by atoms with Crippen LogP contribution < -0.4 is 0 Å². The fraction of sp³-hybridized carbons (Fsp3) is 0.667. The van der Waals surface area contributed by atoms with Crippen LogP contribution in [0.2, 0.25) is 0 Å². The molecule has 0 aliphatic carbocycles. The van der Waals surface area contributed by atoms with E-state index in [1.54, 1.807) is 25.2 Å². The standard InChI is InChI=1S/C27H41NO5S/c1-17-9-8-10-18(2)13-20(4)26(31)27(7,32-12-11-17)24(29)15-25(30)33-21(5)19(3)14-23-16-34-22(6)28-23/h11,14,16,18,20-21,24,29H,8-10,12-13,15H2,1-7H3/b17-11-,19-14+/t18-,20+,21?,24-,27?/m0/s1. The number of thiazole rings is 1. The van der Waals surface area contributed by atoms with Crippen LogP contribution in [0.25, 0.3) is 6.08 Å². The summed E-state index contributed by atoms with van der Waals surface area (Å²) < 4.78 is 11.5. The first-order valence-corrected chi connectivity index (χ1v) is 13.1. The number of aromatic nitrogens is 1. The van der Waals surface area contributed by atoms with Crippen LogP contribution in [-0.2, 0) is 19.1 Å². The molecule has 1 aromatic rings. The first kappa shape index (κ1) is 28.4. The summed E-state index contributed by atoms with van der Waals surface area (Å²) in [6, 6.07) is 0. The molecule has 0 spiro atoms. The normalized spacial score (nSPS) is 28.8. The van der Waals surface area contributed by atoms with Gasteiger partial charge in [0.05, 0.1) is 23.7 Å². The molecule has 190 valence electrons. The molecule has 0 radical (unpaired) electrons. The number of ether oxygens (including phenoxy) is 2. The van der Waals surface area contributed by atoms with Gasteiger partial charge in [-0.15, -0.1) is 11.3 Å². The minimum atomic E-state index is -1.49. The highest BCUT2D eigenvalue weighted by Crippen LogP contribution is 2.30. The molecular formula is C27H41NO5S. The van der Waals surface area contributed by atoms with Gasteiger partial charge in [0, 0.05) is 11.3 Å². The summed E-state index contributed by atoms with van der Waals surface area (Å²) in [6.07, 6.45) is 5.61. The number of nitrogens with zero attached hydrogens (tertiary/aromatic N) is 1. The van der Waals surface area contributed by atoms with Crippen molar-refractivity contribution < 1.29 is 24.2 Å². The van der Waals surface area contributed by atoms with Gasteiger partial charge in [0.15, 0.2) is 11.4 Å². The van der Waals surface area contributed by atoms with Crippen LogP contribution in [0, 0.1) is 18.8 Å².